The molecule has 0 heterocycles. The van der Waals surface area contributed by atoms with Gasteiger partial charge < -0.3 is 15.5 Å². The number of guanidine groups is 1. The minimum absolute atomic E-state index is 0.552. The van der Waals surface area contributed by atoms with Gasteiger partial charge in [0.1, 0.15) is 0 Å². The number of hydrogen-bond acceptors (Lipinski definition) is 3. The Kier molecular flexibility index (Phi) is 9.53. The smallest absolute Gasteiger partial charge is 0.191 e. The topological polar surface area (TPSA) is 42.9 Å². The summed E-state index contributed by atoms with van der Waals surface area (Å²) in [6.45, 7) is 12.6. The molecule has 2 N–H and O–H groups in total. The van der Waals surface area contributed by atoms with Crippen LogP contribution in [-0.2, 0) is 13.1 Å². The number of benzene rings is 1. The van der Waals surface area contributed by atoms with Crippen LogP contribution in [0.3, 0.4) is 0 Å². The minimum atomic E-state index is 0.552. The van der Waals surface area contributed by atoms with Crippen LogP contribution in [0.1, 0.15) is 38.8 Å². The molecular formula is C20H37N5. The highest BCUT2D eigenvalue weighted by atomic mass is 15.2. The third-order valence-corrected chi connectivity index (χ3v) is 4.16. The van der Waals surface area contributed by atoms with Gasteiger partial charge in [0.2, 0.25) is 0 Å². The van der Waals surface area contributed by atoms with E-state index in [1.165, 1.54) is 11.1 Å². The first kappa shape index (κ1) is 21.5. The van der Waals surface area contributed by atoms with Crippen LogP contribution in [0.2, 0.25) is 0 Å². The molecule has 0 atom stereocenters. The van der Waals surface area contributed by atoms with Gasteiger partial charge in [-0.2, -0.15) is 0 Å². The summed E-state index contributed by atoms with van der Waals surface area (Å²) >= 11 is 0. The van der Waals surface area contributed by atoms with Crippen molar-refractivity contribution in [2.24, 2.45) is 4.99 Å². The van der Waals surface area contributed by atoms with Gasteiger partial charge >= 0.3 is 0 Å². The van der Waals surface area contributed by atoms with Crippen molar-refractivity contribution >= 4 is 5.96 Å². The van der Waals surface area contributed by atoms with Crippen LogP contribution >= 0.6 is 0 Å². The van der Waals surface area contributed by atoms with E-state index in [1.807, 2.05) is 7.05 Å². The van der Waals surface area contributed by atoms with Crippen LogP contribution in [0.15, 0.2) is 29.3 Å². The lowest BCUT2D eigenvalue weighted by Gasteiger charge is -2.30. The first-order chi connectivity index (χ1) is 11.8. The quantitative estimate of drug-likeness (QED) is 0.532. The molecule has 1 rings (SSSR count). The lowest BCUT2D eigenvalue weighted by atomic mass is 10.1. The molecule has 0 bridgehead atoms. The number of nitrogens with one attached hydrogen (secondary N) is 2. The maximum Gasteiger partial charge on any atom is 0.191 e. The van der Waals surface area contributed by atoms with Crippen molar-refractivity contribution in [2.45, 2.75) is 52.9 Å². The molecule has 0 radical (unpaired) electrons. The summed E-state index contributed by atoms with van der Waals surface area (Å²) in [7, 11) is 6.00. The van der Waals surface area contributed by atoms with Gasteiger partial charge in [0.25, 0.3) is 0 Å². The number of aliphatic imine (C=N–C) groups is 1. The third-order valence-electron chi connectivity index (χ3n) is 4.16. The predicted molar refractivity (Wildman–Crippen MR) is 109 cm³/mol. The highest BCUT2D eigenvalue weighted by Gasteiger charge is 2.12. The summed E-state index contributed by atoms with van der Waals surface area (Å²) in [5.41, 5.74) is 2.60. The molecule has 5 heteroatoms. The third kappa shape index (κ3) is 8.36. The van der Waals surface area contributed by atoms with E-state index in [4.69, 9.17) is 0 Å². The molecule has 0 fully saturated rings. The Bertz CT molecular complexity index is 515. The van der Waals surface area contributed by atoms with Crippen molar-refractivity contribution in [1.82, 2.24) is 20.4 Å². The molecule has 1 aromatic rings. The Morgan fingerprint density at radius 1 is 1.04 bits per heavy atom. The molecular weight excluding hydrogens is 310 g/mol. The predicted octanol–water partition coefficient (Wildman–Crippen LogP) is 2.53. The molecule has 0 aromatic heterocycles. The Morgan fingerprint density at radius 3 is 2.24 bits per heavy atom. The average Bonchev–Trinajstić information content (AvgIpc) is 2.53. The molecule has 0 unspecified atom stereocenters. The fourth-order valence-electron chi connectivity index (χ4n) is 3.03. The van der Waals surface area contributed by atoms with E-state index in [-0.39, 0.29) is 0 Å². The Labute approximate surface area is 154 Å². The molecule has 142 valence electrons. The van der Waals surface area contributed by atoms with Gasteiger partial charge in [-0.1, -0.05) is 24.3 Å². The van der Waals surface area contributed by atoms with Crippen molar-refractivity contribution in [3.8, 4) is 0 Å². The molecule has 0 aliphatic heterocycles. The van der Waals surface area contributed by atoms with E-state index in [1.54, 1.807) is 0 Å². The summed E-state index contributed by atoms with van der Waals surface area (Å²) in [6, 6.07) is 9.79. The van der Waals surface area contributed by atoms with Gasteiger partial charge in [-0.15, -0.1) is 0 Å². The van der Waals surface area contributed by atoms with E-state index in [9.17, 15) is 0 Å². The van der Waals surface area contributed by atoms with Crippen LogP contribution in [0, 0.1) is 0 Å². The second-order valence-electron chi connectivity index (χ2n) is 7.34. The summed E-state index contributed by atoms with van der Waals surface area (Å²) in [5, 5.41) is 6.82. The molecule has 5 nitrogen and oxygen atoms in total. The maximum atomic E-state index is 4.33. The standard InChI is InChI=1S/C20H37N5/c1-16(2)25(17(3)4)12-11-22-20(21-5)23-14-18-9-8-10-19(13-18)15-24(6)7/h8-10,13,16-17H,11-12,14-15H2,1-7H3,(H2,21,22,23). The fourth-order valence-corrected chi connectivity index (χ4v) is 3.03. The minimum Gasteiger partial charge on any atom is -0.355 e. The molecule has 1 aromatic carbocycles. The second-order valence-corrected chi connectivity index (χ2v) is 7.34. The van der Waals surface area contributed by atoms with Crippen LogP contribution in [0.25, 0.3) is 0 Å². The van der Waals surface area contributed by atoms with Crippen molar-refractivity contribution in [3.05, 3.63) is 35.4 Å². The van der Waals surface area contributed by atoms with Crippen LogP contribution in [-0.4, -0.2) is 62.1 Å². The van der Waals surface area contributed by atoms with Gasteiger partial charge in [-0.25, -0.2) is 0 Å². The summed E-state index contributed by atoms with van der Waals surface area (Å²) < 4.78 is 0. The second kappa shape index (κ2) is 11.1. The van der Waals surface area contributed by atoms with Crippen molar-refractivity contribution in [1.29, 1.82) is 0 Å². The molecule has 0 aliphatic carbocycles. The monoisotopic (exact) mass is 347 g/mol. The Balaban J connectivity index is 2.47. The highest BCUT2D eigenvalue weighted by molar-refractivity contribution is 5.79. The largest absolute Gasteiger partial charge is 0.355 e. The zero-order valence-electron chi connectivity index (χ0n) is 17.1. The zero-order valence-corrected chi connectivity index (χ0v) is 17.1. The summed E-state index contributed by atoms with van der Waals surface area (Å²) in [5.74, 6) is 0.852. The van der Waals surface area contributed by atoms with Gasteiger partial charge in [-0.3, -0.25) is 9.89 Å². The lowest BCUT2D eigenvalue weighted by molar-refractivity contribution is 0.178. The Morgan fingerprint density at radius 2 is 1.68 bits per heavy atom. The molecule has 25 heavy (non-hydrogen) atoms. The van der Waals surface area contributed by atoms with Crippen molar-refractivity contribution in [3.63, 3.8) is 0 Å². The fraction of sp³-hybridized carbons (Fsp3) is 0.650. The summed E-state index contributed by atoms with van der Waals surface area (Å²) in [6.07, 6.45) is 0. The zero-order chi connectivity index (χ0) is 18.8. The van der Waals surface area contributed by atoms with Gasteiger partial charge in [-0.05, 0) is 52.9 Å². The van der Waals surface area contributed by atoms with Crippen LogP contribution in [0.5, 0.6) is 0 Å². The lowest BCUT2D eigenvalue weighted by Crippen LogP contribution is -2.45. The molecule has 0 spiro atoms. The number of hydrogen-bond donors (Lipinski definition) is 2. The van der Waals surface area contributed by atoms with E-state index >= 15 is 0 Å². The number of rotatable bonds is 9. The first-order valence-electron chi connectivity index (χ1n) is 9.26. The SMILES string of the molecule is CN=C(NCCN(C(C)C)C(C)C)NCc1cccc(CN(C)C)c1. The molecule has 0 amide bonds. The molecule has 0 saturated carbocycles. The Hall–Kier alpha value is -1.59. The van der Waals surface area contributed by atoms with E-state index in [0.717, 1.165) is 32.1 Å². The van der Waals surface area contributed by atoms with Crippen LogP contribution in [0.4, 0.5) is 0 Å². The first-order valence-corrected chi connectivity index (χ1v) is 9.26. The van der Waals surface area contributed by atoms with Gasteiger partial charge in [0.15, 0.2) is 5.96 Å². The normalized spacial score (nSPS) is 12.5. The van der Waals surface area contributed by atoms with E-state index in [0.29, 0.717) is 12.1 Å². The van der Waals surface area contributed by atoms with E-state index < -0.39 is 0 Å². The van der Waals surface area contributed by atoms with Crippen molar-refractivity contribution in [2.75, 3.05) is 34.2 Å². The maximum absolute atomic E-state index is 4.33. The average molecular weight is 348 g/mol. The van der Waals surface area contributed by atoms with Crippen LogP contribution < -0.4 is 10.6 Å². The summed E-state index contributed by atoms with van der Waals surface area (Å²) in [4.78, 5) is 8.99. The highest BCUT2D eigenvalue weighted by Crippen LogP contribution is 2.07. The molecule has 0 aliphatic rings. The van der Waals surface area contributed by atoms with Gasteiger partial charge in [0, 0.05) is 45.3 Å². The van der Waals surface area contributed by atoms with Crippen molar-refractivity contribution < 1.29 is 0 Å². The molecule has 0 saturated heterocycles. The van der Waals surface area contributed by atoms with E-state index in [2.05, 4.69) is 91.5 Å². The van der Waals surface area contributed by atoms with Gasteiger partial charge in [0.05, 0.1) is 0 Å². The number of nitrogens with zero attached hydrogens (tertiary/aromatic N) is 3.